The highest BCUT2D eigenvalue weighted by Crippen LogP contribution is 2.21. The van der Waals surface area contributed by atoms with Crippen molar-refractivity contribution in [1.82, 2.24) is 0 Å². The predicted octanol–water partition coefficient (Wildman–Crippen LogP) is 2.68. The Hall–Kier alpha value is -0.740. The fourth-order valence-corrected chi connectivity index (χ4v) is 2.88. The van der Waals surface area contributed by atoms with Gasteiger partial charge in [0.25, 0.3) is 0 Å². The number of hydrogen-bond acceptors (Lipinski definition) is 2. The SMILES string of the molecule is CCCCC=CC1=C(C(=O)O)S(=S)C=C1. The van der Waals surface area contributed by atoms with Crippen molar-refractivity contribution in [2.75, 3.05) is 0 Å². The molecular formula is C11H14O2S2. The molecule has 1 rings (SSSR count). The van der Waals surface area contributed by atoms with Crippen molar-refractivity contribution in [3.8, 4) is 0 Å². The van der Waals surface area contributed by atoms with Crippen LogP contribution >= 0.6 is 0 Å². The van der Waals surface area contributed by atoms with Gasteiger partial charge in [-0.1, -0.05) is 41.4 Å². The molecule has 1 aliphatic rings. The number of unbranched alkanes of at least 4 members (excludes halogenated alkanes) is 2. The number of carboxylic acids is 1. The summed E-state index contributed by atoms with van der Waals surface area (Å²) in [6.45, 7) is 2.13. The van der Waals surface area contributed by atoms with E-state index in [1.165, 1.54) is 0 Å². The Labute approximate surface area is 97.0 Å². The van der Waals surface area contributed by atoms with Gasteiger partial charge in [-0.05, 0) is 34.7 Å². The van der Waals surface area contributed by atoms with Gasteiger partial charge in [-0.25, -0.2) is 4.79 Å². The number of allylic oxidation sites excluding steroid dienone is 4. The lowest BCUT2D eigenvalue weighted by Crippen LogP contribution is -2.03. The van der Waals surface area contributed by atoms with Gasteiger partial charge >= 0.3 is 5.97 Å². The van der Waals surface area contributed by atoms with Gasteiger partial charge < -0.3 is 5.11 Å². The molecule has 0 saturated carbocycles. The third kappa shape index (κ3) is 3.39. The van der Waals surface area contributed by atoms with Crippen LogP contribution < -0.4 is 0 Å². The van der Waals surface area contributed by atoms with Crippen LogP contribution in [-0.2, 0) is 25.4 Å². The Balaban J connectivity index is 2.74. The maximum Gasteiger partial charge on any atom is 0.343 e. The van der Waals surface area contributed by atoms with E-state index in [1.807, 2.05) is 18.2 Å². The van der Waals surface area contributed by atoms with Gasteiger partial charge in [0.1, 0.15) is 4.91 Å². The minimum absolute atomic E-state index is 0.359. The van der Waals surface area contributed by atoms with Crippen molar-refractivity contribution >= 4 is 26.6 Å². The van der Waals surface area contributed by atoms with Crippen LogP contribution in [-0.4, -0.2) is 11.1 Å². The maximum atomic E-state index is 10.9. The molecule has 1 N–H and O–H groups in total. The van der Waals surface area contributed by atoms with E-state index in [0.717, 1.165) is 24.8 Å². The van der Waals surface area contributed by atoms with Gasteiger partial charge in [0.15, 0.2) is 0 Å². The predicted molar refractivity (Wildman–Crippen MR) is 67.2 cm³/mol. The highest BCUT2D eigenvalue weighted by atomic mass is 32.8. The summed E-state index contributed by atoms with van der Waals surface area (Å²) in [5.41, 5.74) is 0.761. The van der Waals surface area contributed by atoms with Gasteiger partial charge in [0.2, 0.25) is 0 Å². The second-order valence-corrected chi connectivity index (χ2v) is 5.59. The quantitative estimate of drug-likeness (QED) is 0.753. The minimum Gasteiger partial charge on any atom is -0.477 e. The van der Waals surface area contributed by atoms with Crippen LogP contribution in [0.25, 0.3) is 0 Å². The first-order valence-electron chi connectivity index (χ1n) is 4.89. The van der Waals surface area contributed by atoms with E-state index in [1.54, 1.807) is 5.41 Å². The lowest BCUT2D eigenvalue weighted by molar-refractivity contribution is -0.131. The van der Waals surface area contributed by atoms with Crippen LogP contribution in [0, 0.1) is 0 Å². The maximum absolute atomic E-state index is 10.9. The molecule has 0 aliphatic carbocycles. The molecule has 1 aliphatic heterocycles. The zero-order chi connectivity index (χ0) is 11.3. The third-order valence-corrected chi connectivity index (χ3v) is 4.08. The zero-order valence-corrected chi connectivity index (χ0v) is 10.2. The van der Waals surface area contributed by atoms with Crippen molar-refractivity contribution < 1.29 is 9.90 Å². The summed E-state index contributed by atoms with van der Waals surface area (Å²) in [6.07, 6.45) is 8.97. The van der Waals surface area contributed by atoms with Crippen LogP contribution in [0.15, 0.2) is 34.1 Å². The average Bonchev–Trinajstić information content (AvgIpc) is 2.54. The topological polar surface area (TPSA) is 37.3 Å². The van der Waals surface area contributed by atoms with Crippen LogP contribution in [0.1, 0.15) is 26.2 Å². The Morgan fingerprint density at radius 2 is 2.40 bits per heavy atom. The van der Waals surface area contributed by atoms with Crippen LogP contribution in [0.5, 0.6) is 0 Å². The Morgan fingerprint density at radius 1 is 1.67 bits per heavy atom. The molecule has 82 valence electrons. The molecule has 0 amide bonds. The van der Waals surface area contributed by atoms with Gasteiger partial charge in [-0.2, -0.15) is 0 Å². The molecule has 0 aromatic rings. The van der Waals surface area contributed by atoms with Gasteiger partial charge in [0.05, 0.1) is 0 Å². The van der Waals surface area contributed by atoms with Crippen molar-refractivity contribution in [3.63, 3.8) is 0 Å². The molecule has 0 aromatic heterocycles. The Morgan fingerprint density at radius 3 is 3.00 bits per heavy atom. The molecular weight excluding hydrogens is 228 g/mol. The molecule has 4 heteroatoms. The van der Waals surface area contributed by atoms with Crippen molar-refractivity contribution in [2.24, 2.45) is 0 Å². The van der Waals surface area contributed by atoms with Gasteiger partial charge in [-0.3, -0.25) is 0 Å². The zero-order valence-electron chi connectivity index (χ0n) is 8.60. The van der Waals surface area contributed by atoms with Crippen molar-refractivity contribution in [1.29, 1.82) is 0 Å². The molecule has 2 nitrogen and oxygen atoms in total. The Kier molecular flexibility index (Phi) is 4.91. The standard InChI is InChI=1S/C11H14O2S2/c1-2-3-4-5-6-9-7-8-15(14)10(9)11(12)13/h5-8H,2-4H2,1H3,(H,12,13). The lowest BCUT2D eigenvalue weighted by Gasteiger charge is -1.97. The molecule has 0 radical (unpaired) electrons. The molecule has 0 fully saturated rings. The van der Waals surface area contributed by atoms with Crippen LogP contribution in [0.4, 0.5) is 0 Å². The first kappa shape index (κ1) is 12.3. The molecule has 15 heavy (non-hydrogen) atoms. The molecule has 1 unspecified atom stereocenters. The second-order valence-electron chi connectivity index (χ2n) is 3.23. The number of hydrogen-bond donors (Lipinski definition) is 1. The van der Waals surface area contributed by atoms with Gasteiger partial charge in [-0.15, -0.1) is 0 Å². The molecule has 0 aromatic carbocycles. The fraction of sp³-hybridized carbons (Fsp3) is 0.364. The van der Waals surface area contributed by atoms with E-state index < -0.39 is 15.4 Å². The van der Waals surface area contributed by atoms with Crippen molar-refractivity contribution in [3.05, 3.63) is 34.1 Å². The number of aliphatic carboxylic acids is 1. The van der Waals surface area contributed by atoms with E-state index in [0.29, 0.717) is 4.91 Å². The van der Waals surface area contributed by atoms with E-state index in [-0.39, 0.29) is 0 Å². The summed E-state index contributed by atoms with van der Waals surface area (Å²) in [7, 11) is -0.646. The number of carbonyl (C=O) groups is 1. The summed E-state index contributed by atoms with van der Waals surface area (Å²) in [5, 5.41) is 10.7. The fourth-order valence-electron chi connectivity index (χ4n) is 1.27. The van der Waals surface area contributed by atoms with E-state index in [4.69, 9.17) is 16.3 Å². The summed E-state index contributed by atoms with van der Waals surface area (Å²) in [6, 6.07) is 0. The van der Waals surface area contributed by atoms with E-state index in [9.17, 15) is 4.79 Å². The highest BCUT2D eigenvalue weighted by molar-refractivity contribution is 8.33. The lowest BCUT2D eigenvalue weighted by atomic mass is 10.2. The average molecular weight is 242 g/mol. The molecule has 1 atom stereocenters. The largest absolute Gasteiger partial charge is 0.477 e. The van der Waals surface area contributed by atoms with Crippen molar-refractivity contribution in [2.45, 2.75) is 26.2 Å². The normalized spacial score (nSPS) is 20.5. The molecule has 0 spiro atoms. The van der Waals surface area contributed by atoms with E-state index in [2.05, 4.69) is 6.92 Å². The summed E-state index contributed by atoms with van der Waals surface area (Å²) >= 11 is 5.05. The molecule has 1 heterocycles. The smallest absolute Gasteiger partial charge is 0.343 e. The monoisotopic (exact) mass is 242 g/mol. The number of carboxylic acid groups (broad SMARTS) is 1. The minimum atomic E-state index is -0.895. The first-order valence-corrected chi connectivity index (χ1v) is 7.11. The Bertz CT molecular complexity index is 365. The molecule has 0 saturated heterocycles. The number of rotatable bonds is 5. The van der Waals surface area contributed by atoms with Crippen LogP contribution in [0.2, 0.25) is 0 Å². The third-order valence-electron chi connectivity index (χ3n) is 2.05. The molecule has 0 bridgehead atoms. The summed E-state index contributed by atoms with van der Waals surface area (Å²) in [5.74, 6) is -0.895. The van der Waals surface area contributed by atoms with E-state index >= 15 is 0 Å². The second kappa shape index (κ2) is 5.98. The van der Waals surface area contributed by atoms with Gasteiger partial charge in [0, 0.05) is 0 Å². The summed E-state index contributed by atoms with van der Waals surface area (Å²) in [4.78, 5) is 11.3. The highest BCUT2D eigenvalue weighted by Gasteiger charge is 2.18. The van der Waals surface area contributed by atoms with Crippen LogP contribution in [0.3, 0.4) is 0 Å². The summed E-state index contributed by atoms with van der Waals surface area (Å²) < 4.78 is 0. The first-order chi connectivity index (χ1) is 7.16.